The van der Waals surface area contributed by atoms with Crippen molar-refractivity contribution in [2.75, 3.05) is 6.54 Å². The van der Waals surface area contributed by atoms with E-state index in [0.717, 1.165) is 42.8 Å². The van der Waals surface area contributed by atoms with Crippen LogP contribution < -0.4 is 5.32 Å². The van der Waals surface area contributed by atoms with E-state index in [9.17, 15) is 0 Å². The van der Waals surface area contributed by atoms with E-state index >= 15 is 0 Å². The fourth-order valence-corrected chi connectivity index (χ4v) is 2.86. The first kappa shape index (κ1) is 12.7. The lowest BCUT2D eigenvalue weighted by Gasteiger charge is -2.12. The molecule has 0 spiro atoms. The van der Waals surface area contributed by atoms with E-state index in [1.807, 2.05) is 0 Å². The normalized spacial score (nSPS) is 16.9. The lowest BCUT2D eigenvalue weighted by molar-refractivity contribution is 0.454. The fraction of sp³-hybridized carbons (Fsp3) is 0.562. The first-order chi connectivity index (χ1) is 9.29. The Hall–Kier alpha value is -1.35. The first-order valence-corrected chi connectivity index (χ1v) is 7.44. The Bertz CT molecular complexity index is 554. The third kappa shape index (κ3) is 2.66. The second-order valence-electron chi connectivity index (χ2n) is 5.71. The molecule has 3 rings (SSSR count). The van der Waals surface area contributed by atoms with E-state index in [4.69, 9.17) is 4.98 Å². The van der Waals surface area contributed by atoms with Gasteiger partial charge in [-0.05, 0) is 50.3 Å². The van der Waals surface area contributed by atoms with Gasteiger partial charge in [-0.2, -0.15) is 0 Å². The molecule has 1 aromatic carbocycles. The maximum absolute atomic E-state index is 4.74. The summed E-state index contributed by atoms with van der Waals surface area (Å²) >= 11 is 0. The Morgan fingerprint density at radius 3 is 2.89 bits per heavy atom. The van der Waals surface area contributed by atoms with Gasteiger partial charge in [-0.1, -0.05) is 19.1 Å². The van der Waals surface area contributed by atoms with Crippen molar-refractivity contribution in [3.8, 4) is 0 Å². The Labute approximate surface area is 115 Å². The first-order valence-electron chi connectivity index (χ1n) is 7.44. The molecular formula is C16H23N3. The summed E-state index contributed by atoms with van der Waals surface area (Å²) in [6, 6.07) is 8.39. The summed E-state index contributed by atoms with van der Waals surface area (Å²) < 4.78 is 2.31. The topological polar surface area (TPSA) is 29.9 Å². The molecule has 0 bridgehead atoms. The monoisotopic (exact) mass is 257 g/mol. The predicted octanol–water partition coefficient (Wildman–Crippen LogP) is 3.19. The Kier molecular flexibility index (Phi) is 3.56. The van der Waals surface area contributed by atoms with Gasteiger partial charge in [-0.25, -0.2) is 4.98 Å². The zero-order valence-corrected chi connectivity index (χ0v) is 11.9. The molecule has 1 aromatic heterocycles. The highest BCUT2D eigenvalue weighted by atomic mass is 15.1. The Morgan fingerprint density at radius 1 is 1.37 bits per heavy atom. The molecule has 0 amide bonds. The van der Waals surface area contributed by atoms with Gasteiger partial charge in [0.15, 0.2) is 0 Å². The number of benzene rings is 1. The van der Waals surface area contributed by atoms with Crippen molar-refractivity contribution < 1.29 is 0 Å². The van der Waals surface area contributed by atoms with E-state index in [0.29, 0.717) is 0 Å². The van der Waals surface area contributed by atoms with Crippen molar-refractivity contribution in [1.82, 2.24) is 14.9 Å². The van der Waals surface area contributed by atoms with Crippen LogP contribution in [0.5, 0.6) is 0 Å². The van der Waals surface area contributed by atoms with Gasteiger partial charge >= 0.3 is 0 Å². The smallest absolute Gasteiger partial charge is 0.123 e. The fourth-order valence-electron chi connectivity index (χ4n) is 2.86. The van der Waals surface area contributed by atoms with Crippen LogP contribution in [-0.4, -0.2) is 16.1 Å². The van der Waals surface area contributed by atoms with Crippen molar-refractivity contribution in [3.63, 3.8) is 0 Å². The average molecular weight is 257 g/mol. The Morgan fingerprint density at radius 2 is 2.16 bits per heavy atom. The summed E-state index contributed by atoms with van der Waals surface area (Å²) in [5.41, 5.74) is 2.36. The number of aromatic nitrogens is 2. The van der Waals surface area contributed by atoms with Gasteiger partial charge in [0.1, 0.15) is 5.82 Å². The molecule has 1 aliphatic carbocycles. The van der Waals surface area contributed by atoms with Gasteiger partial charge < -0.3 is 9.88 Å². The number of nitrogens with zero attached hydrogens (tertiary/aromatic N) is 2. The molecule has 2 aromatic rings. The van der Waals surface area contributed by atoms with Crippen molar-refractivity contribution in [2.24, 2.45) is 11.8 Å². The van der Waals surface area contributed by atoms with Crippen molar-refractivity contribution >= 4 is 11.0 Å². The summed E-state index contributed by atoms with van der Waals surface area (Å²) in [4.78, 5) is 4.74. The molecule has 1 saturated carbocycles. The zero-order valence-electron chi connectivity index (χ0n) is 11.9. The molecule has 3 nitrogen and oxygen atoms in total. The van der Waals surface area contributed by atoms with Crippen LogP contribution in [0.4, 0.5) is 0 Å². The van der Waals surface area contributed by atoms with Gasteiger partial charge in [0.2, 0.25) is 0 Å². The van der Waals surface area contributed by atoms with E-state index in [1.165, 1.54) is 18.4 Å². The van der Waals surface area contributed by atoms with E-state index < -0.39 is 0 Å². The summed E-state index contributed by atoms with van der Waals surface area (Å²) in [6.45, 7) is 7.50. The lowest BCUT2D eigenvalue weighted by Crippen LogP contribution is -2.23. The zero-order chi connectivity index (χ0) is 13.2. The number of rotatable bonds is 6. The molecule has 0 aliphatic heterocycles. The number of imidazole rings is 1. The Balaban J connectivity index is 1.69. The second-order valence-corrected chi connectivity index (χ2v) is 5.71. The molecule has 1 unspecified atom stereocenters. The van der Waals surface area contributed by atoms with Crippen molar-refractivity contribution in [1.29, 1.82) is 0 Å². The van der Waals surface area contributed by atoms with E-state index in [-0.39, 0.29) is 0 Å². The highest BCUT2D eigenvalue weighted by molar-refractivity contribution is 5.75. The minimum atomic E-state index is 0.805. The molecule has 1 atom stereocenters. The molecule has 0 radical (unpaired) electrons. The van der Waals surface area contributed by atoms with Crippen LogP contribution in [0.2, 0.25) is 0 Å². The minimum absolute atomic E-state index is 0.805. The molecule has 1 aliphatic rings. The molecule has 19 heavy (non-hydrogen) atoms. The standard InChI is InChI=1S/C16H23N3/c1-3-19-15-7-5-4-6-14(15)18-16(19)11-17-10-12(2)13-8-9-13/h4-7,12-13,17H,3,8-11H2,1-2H3. The average Bonchev–Trinajstić information content (AvgIpc) is 3.20. The van der Waals surface area contributed by atoms with Crippen molar-refractivity contribution in [2.45, 2.75) is 39.8 Å². The van der Waals surface area contributed by atoms with Gasteiger partial charge in [0, 0.05) is 6.54 Å². The maximum Gasteiger partial charge on any atom is 0.123 e. The van der Waals surface area contributed by atoms with Crippen LogP contribution in [0.1, 0.15) is 32.5 Å². The molecular weight excluding hydrogens is 234 g/mol. The number of hydrogen-bond donors (Lipinski definition) is 1. The van der Waals surface area contributed by atoms with Crippen LogP contribution in [-0.2, 0) is 13.1 Å². The number of para-hydroxylation sites is 2. The maximum atomic E-state index is 4.74. The van der Waals surface area contributed by atoms with Gasteiger partial charge in [0.25, 0.3) is 0 Å². The lowest BCUT2D eigenvalue weighted by atomic mass is 10.1. The van der Waals surface area contributed by atoms with Gasteiger partial charge in [-0.3, -0.25) is 0 Å². The second kappa shape index (κ2) is 5.33. The third-order valence-corrected chi connectivity index (χ3v) is 4.23. The molecule has 1 fully saturated rings. The largest absolute Gasteiger partial charge is 0.327 e. The quantitative estimate of drug-likeness (QED) is 0.861. The predicted molar refractivity (Wildman–Crippen MR) is 79.0 cm³/mol. The van der Waals surface area contributed by atoms with Gasteiger partial charge in [0.05, 0.1) is 17.6 Å². The molecule has 3 heteroatoms. The number of nitrogens with one attached hydrogen (secondary N) is 1. The summed E-state index contributed by atoms with van der Waals surface area (Å²) in [7, 11) is 0. The van der Waals surface area contributed by atoms with Crippen LogP contribution in [0.3, 0.4) is 0 Å². The number of fused-ring (bicyclic) bond motifs is 1. The van der Waals surface area contributed by atoms with Crippen LogP contribution >= 0.6 is 0 Å². The van der Waals surface area contributed by atoms with Crippen LogP contribution in [0.15, 0.2) is 24.3 Å². The van der Waals surface area contributed by atoms with Gasteiger partial charge in [-0.15, -0.1) is 0 Å². The number of hydrogen-bond acceptors (Lipinski definition) is 2. The molecule has 1 N–H and O–H groups in total. The van der Waals surface area contributed by atoms with Crippen LogP contribution in [0, 0.1) is 11.8 Å². The van der Waals surface area contributed by atoms with Crippen molar-refractivity contribution in [3.05, 3.63) is 30.1 Å². The molecule has 102 valence electrons. The van der Waals surface area contributed by atoms with Crippen LogP contribution in [0.25, 0.3) is 11.0 Å². The van der Waals surface area contributed by atoms with E-state index in [2.05, 4.69) is 48.0 Å². The van der Waals surface area contributed by atoms with E-state index in [1.54, 1.807) is 0 Å². The number of aryl methyl sites for hydroxylation is 1. The third-order valence-electron chi connectivity index (χ3n) is 4.23. The highest BCUT2D eigenvalue weighted by Gasteiger charge is 2.27. The summed E-state index contributed by atoms with van der Waals surface area (Å²) in [5, 5.41) is 3.58. The highest BCUT2D eigenvalue weighted by Crippen LogP contribution is 2.36. The molecule has 1 heterocycles. The SMILES string of the molecule is CCn1c(CNCC(C)C2CC2)nc2ccccc21. The minimum Gasteiger partial charge on any atom is -0.327 e. The molecule has 0 saturated heterocycles. The summed E-state index contributed by atoms with van der Waals surface area (Å²) in [6.07, 6.45) is 2.85. The summed E-state index contributed by atoms with van der Waals surface area (Å²) in [5.74, 6) is 2.93.